The highest BCUT2D eigenvalue weighted by Gasteiger charge is 2.50. The quantitative estimate of drug-likeness (QED) is 0.753. The number of ether oxygens (including phenoxy) is 2. The fraction of sp³-hybridized carbons (Fsp3) is 0.619. The summed E-state index contributed by atoms with van der Waals surface area (Å²) in [6.45, 7) is 9.77. The predicted octanol–water partition coefficient (Wildman–Crippen LogP) is 2.74. The van der Waals surface area contributed by atoms with Gasteiger partial charge >= 0.3 is 6.09 Å². The van der Waals surface area contributed by atoms with Crippen molar-refractivity contribution in [1.29, 1.82) is 0 Å². The van der Waals surface area contributed by atoms with Crippen molar-refractivity contribution < 1.29 is 33.0 Å². The molecule has 0 spiro atoms. The first kappa shape index (κ1) is 24.0. The molecule has 0 aromatic heterocycles. The zero-order chi connectivity index (χ0) is 22.9. The number of carbonyl (C=O) groups is 2. The van der Waals surface area contributed by atoms with E-state index in [9.17, 15) is 23.5 Å². The molecule has 1 fully saturated rings. The Labute approximate surface area is 175 Å². The fourth-order valence-electron chi connectivity index (χ4n) is 3.52. The molecule has 1 aliphatic rings. The molecule has 0 radical (unpaired) electrons. The first-order valence-electron chi connectivity index (χ1n) is 9.76. The molecule has 30 heavy (non-hydrogen) atoms. The Balaban J connectivity index is 2.31. The Morgan fingerprint density at radius 2 is 1.87 bits per heavy atom. The highest BCUT2D eigenvalue weighted by molar-refractivity contribution is 5.73. The van der Waals surface area contributed by atoms with E-state index in [0.29, 0.717) is 0 Å². The number of nitrogens with one attached hydrogen (secondary N) is 1. The minimum Gasteiger partial charge on any atom is -0.444 e. The van der Waals surface area contributed by atoms with Gasteiger partial charge in [-0.25, -0.2) is 13.6 Å². The maximum atomic E-state index is 13.6. The number of nitrogens with zero attached hydrogens (tertiary/aromatic N) is 1. The van der Waals surface area contributed by atoms with Gasteiger partial charge in [-0.1, -0.05) is 0 Å². The Morgan fingerprint density at radius 1 is 1.30 bits per heavy atom. The number of aliphatic hydroxyl groups excluding tert-OH is 1. The molecule has 1 aromatic carbocycles. The number of carbonyl (C=O) groups excluding carboxylic acids is 2. The molecule has 0 saturated carbocycles. The highest BCUT2D eigenvalue weighted by atomic mass is 19.1. The second kappa shape index (κ2) is 8.85. The van der Waals surface area contributed by atoms with Crippen molar-refractivity contribution in [2.45, 2.75) is 77.5 Å². The summed E-state index contributed by atoms with van der Waals surface area (Å²) in [6, 6.07) is 1.24. The van der Waals surface area contributed by atoms with Crippen LogP contribution in [-0.2, 0) is 20.7 Å². The molecular formula is C21H30F2N2O5. The molecule has 9 heteroatoms. The van der Waals surface area contributed by atoms with Gasteiger partial charge in [0.1, 0.15) is 23.0 Å². The Kier molecular flexibility index (Phi) is 7.08. The smallest absolute Gasteiger partial charge is 0.412 e. The molecule has 0 bridgehead atoms. The van der Waals surface area contributed by atoms with Crippen molar-refractivity contribution >= 4 is 12.0 Å². The SMILES string of the molecule is CC(=O)N[C@@H](Cc1cc(F)cc(F)c1)[C@H](O)C1COC(C)(C)N1C(=O)OC(C)(C)C. The topological polar surface area (TPSA) is 88.1 Å². The van der Waals surface area contributed by atoms with Crippen molar-refractivity contribution in [2.75, 3.05) is 6.61 Å². The number of hydrogen-bond donors (Lipinski definition) is 2. The van der Waals surface area contributed by atoms with E-state index in [4.69, 9.17) is 9.47 Å². The summed E-state index contributed by atoms with van der Waals surface area (Å²) in [5.74, 6) is -1.96. The van der Waals surface area contributed by atoms with E-state index in [1.807, 2.05) is 0 Å². The zero-order valence-corrected chi connectivity index (χ0v) is 18.2. The lowest BCUT2D eigenvalue weighted by Gasteiger charge is -2.38. The third-order valence-electron chi connectivity index (χ3n) is 4.68. The summed E-state index contributed by atoms with van der Waals surface area (Å²) in [7, 11) is 0. The van der Waals surface area contributed by atoms with Gasteiger partial charge in [0.15, 0.2) is 0 Å². The van der Waals surface area contributed by atoms with Gasteiger partial charge in [0.2, 0.25) is 5.91 Å². The molecule has 1 aromatic rings. The molecule has 1 heterocycles. The van der Waals surface area contributed by atoms with Gasteiger partial charge in [-0.3, -0.25) is 9.69 Å². The van der Waals surface area contributed by atoms with Gasteiger partial charge in [0.25, 0.3) is 0 Å². The van der Waals surface area contributed by atoms with E-state index in [0.717, 1.165) is 18.2 Å². The standard InChI is InChI=1S/C21H30F2N2O5/c1-12(26)24-16(9-13-7-14(22)10-15(23)8-13)18(27)17-11-29-21(5,6)25(17)19(28)30-20(2,3)4/h7-8,10,16-18,27H,9,11H2,1-6H3,(H,24,26)/t16-,17?,18-/m0/s1. The van der Waals surface area contributed by atoms with Crippen LogP contribution in [0.5, 0.6) is 0 Å². The van der Waals surface area contributed by atoms with Crippen molar-refractivity contribution in [3.63, 3.8) is 0 Å². The van der Waals surface area contributed by atoms with E-state index < -0.39 is 53.1 Å². The van der Waals surface area contributed by atoms with Crippen LogP contribution in [0.15, 0.2) is 18.2 Å². The molecular weight excluding hydrogens is 398 g/mol. The summed E-state index contributed by atoms with van der Waals surface area (Å²) < 4.78 is 38.3. The van der Waals surface area contributed by atoms with Crippen LogP contribution in [0.2, 0.25) is 0 Å². The van der Waals surface area contributed by atoms with Gasteiger partial charge in [0, 0.05) is 13.0 Å². The van der Waals surface area contributed by atoms with Gasteiger partial charge in [0.05, 0.1) is 24.8 Å². The average molecular weight is 428 g/mol. The number of aliphatic hydroxyl groups is 1. The summed E-state index contributed by atoms with van der Waals surface area (Å²) in [4.78, 5) is 25.8. The summed E-state index contributed by atoms with van der Waals surface area (Å²) >= 11 is 0. The molecule has 1 saturated heterocycles. The van der Waals surface area contributed by atoms with Crippen molar-refractivity contribution in [2.24, 2.45) is 0 Å². The predicted molar refractivity (Wildman–Crippen MR) is 106 cm³/mol. The third-order valence-corrected chi connectivity index (χ3v) is 4.68. The lowest BCUT2D eigenvalue weighted by atomic mass is 9.95. The lowest BCUT2D eigenvalue weighted by Crippen LogP contribution is -2.58. The number of hydrogen-bond acceptors (Lipinski definition) is 5. The molecule has 2 N–H and O–H groups in total. The summed E-state index contributed by atoms with van der Waals surface area (Å²) in [6.07, 6.45) is -2.00. The van der Waals surface area contributed by atoms with Gasteiger partial charge in [-0.05, 0) is 58.7 Å². The second-order valence-corrected chi connectivity index (χ2v) is 8.95. The number of halogens is 2. The normalized spacial score (nSPS) is 20.6. The largest absolute Gasteiger partial charge is 0.444 e. The molecule has 3 atom stereocenters. The van der Waals surface area contributed by atoms with Crippen molar-refractivity contribution in [3.05, 3.63) is 35.4 Å². The average Bonchev–Trinajstić information content (AvgIpc) is 2.86. The summed E-state index contributed by atoms with van der Waals surface area (Å²) in [5, 5.41) is 13.7. The first-order chi connectivity index (χ1) is 13.7. The van der Waals surface area contributed by atoms with Crippen LogP contribution in [0, 0.1) is 11.6 Å². The van der Waals surface area contributed by atoms with Crippen LogP contribution in [0.3, 0.4) is 0 Å². The van der Waals surface area contributed by atoms with E-state index in [-0.39, 0.29) is 18.6 Å². The lowest BCUT2D eigenvalue weighted by molar-refractivity contribution is -0.120. The van der Waals surface area contributed by atoms with Crippen LogP contribution >= 0.6 is 0 Å². The monoisotopic (exact) mass is 428 g/mol. The number of benzene rings is 1. The minimum absolute atomic E-state index is 0.000998. The minimum atomic E-state index is -1.28. The van der Waals surface area contributed by atoms with E-state index in [1.165, 1.54) is 11.8 Å². The van der Waals surface area contributed by atoms with Crippen LogP contribution in [0.25, 0.3) is 0 Å². The molecule has 7 nitrogen and oxygen atoms in total. The van der Waals surface area contributed by atoms with Gasteiger partial charge in [-0.2, -0.15) is 0 Å². The zero-order valence-electron chi connectivity index (χ0n) is 18.2. The maximum Gasteiger partial charge on any atom is 0.412 e. The Bertz CT molecular complexity index is 774. The maximum absolute atomic E-state index is 13.6. The Morgan fingerprint density at radius 3 is 2.37 bits per heavy atom. The fourth-order valence-corrected chi connectivity index (χ4v) is 3.52. The van der Waals surface area contributed by atoms with Crippen LogP contribution in [0.4, 0.5) is 13.6 Å². The summed E-state index contributed by atoms with van der Waals surface area (Å²) in [5.41, 5.74) is -1.56. The van der Waals surface area contributed by atoms with Crippen molar-refractivity contribution in [1.82, 2.24) is 10.2 Å². The Hall–Kier alpha value is -2.26. The van der Waals surface area contributed by atoms with E-state index in [2.05, 4.69) is 5.32 Å². The molecule has 0 aliphatic carbocycles. The van der Waals surface area contributed by atoms with E-state index in [1.54, 1.807) is 34.6 Å². The van der Waals surface area contributed by atoms with E-state index >= 15 is 0 Å². The second-order valence-electron chi connectivity index (χ2n) is 8.95. The molecule has 1 unspecified atom stereocenters. The number of amides is 2. The van der Waals surface area contributed by atoms with Gasteiger partial charge < -0.3 is 19.9 Å². The highest BCUT2D eigenvalue weighted by Crippen LogP contribution is 2.32. The van der Waals surface area contributed by atoms with Gasteiger partial charge in [-0.15, -0.1) is 0 Å². The first-order valence-corrected chi connectivity index (χ1v) is 9.76. The van der Waals surface area contributed by atoms with Crippen LogP contribution in [-0.4, -0.2) is 58.1 Å². The van der Waals surface area contributed by atoms with Crippen LogP contribution < -0.4 is 5.32 Å². The molecule has 1 aliphatic heterocycles. The molecule has 2 rings (SSSR count). The third kappa shape index (κ3) is 6.12. The molecule has 2 amide bonds. The molecule has 168 valence electrons. The van der Waals surface area contributed by atoms with Crippen molar-refractivity contribution in [3.8, 4) is 0 Å². The number of rotatable bonds is 5. The van der Waals surface area contributed by atoms with Crippen LogP contribution in [0.1, 0.15) is 47.1 Å².